The van der Waals surface area contributed by atoms with Gasteiger partial charge in [-0.25, -0.2) is 0 Å². The minimum absolute atomic E-state index is 0. The van der Waals surface area contributed by atoms with Gasteiger partial charge in [-0.1, -0.05) is 386 Å². The van der Waals surface area contributed by atoms with Crippen LogP contribution in [-0.2, 0) is 51.2 Å². The Morgan fingerprint density at radius 3 is 0.511 bits per heavy atom. The molecule has 0 bridgehead atoms. The zero-order valence-electron chi connectivity index (χ0n) is 96.4. The summed E-state index contributed by atoms with van der Waals surface area (Å²) in [7, 11) is 1.96. The Morgan fingerprint density at radius 2 is 0.361 bits per heavy atom. The van der Waals surface area contributed by atoms with Crippen molar-refractivity contribution < 1.29 is 51.2 Å². The predicted octanol–water partition coefficient (Wildman–Crippen LogP) is 42.4. The van der Waals surface area contributed by atoms with E-state index in [2.05, 4.69) is 246 Å². The fourth-order valence-corrected chi connectivity index (χ4v) is 67.1. The van der Waals surface area contributed by atoms with Crippen LogP contribution in [0.3, 0.4) is 0 Å². The van der Waals surface area contributed by atoms with E-state index in [0.29, 0.717) is 53.3 Å². The number of rotatable bonds is 20. The number of benzene rings is 1. The summed E-state index contributed by atoms with van der Waals surface area (Å²) in [4.78, 5) is 0. The van der Waals surface area contributed by atoms with E-state index in [1.165, 1.54) is 165 Å². The summed E-state index contributed by atoms with van der Waals surface area (Å²) < 4.78 is 0. The van der Waals surface area contributed by atoms with E-state index in [0.717, 1.165) is 161 Å². The quantitative estimate of drug-likeness (QED) is 0.0693. The van der Waals surface area contributed by atoms with E-state index >= 15 is 0 Å². The van der Waals surface area contributed by atoms with Crippen molar-refractivity contribution >= 4 is 74.0 Å². The molecule has 14 aliphatic rings. The minimum Gasteiger partial charge on any atom is -0.358 e. The van der Waals surface area contributed by atoms with Crippen LogP contribution in [-0.4, -0.2) is 124 Å². The molecule has 8 heterocycles. The van der Waals surface area contributed by atoms with Gasteiger partial charge in [-0.3, -0.25) is 0 Å². The van der Waals surface area contributed by atoms with Gasteiger partial charge in [0, 0.05) is 0 Å². The van der Waals surface area contributed by atoms with Crippen LogP contribution >= 0.6 is 63.4 Å². The summed E-state index contributed by atoms with van der Waals surface area (Å²) >= 11 is 0. The summed E-state index contributed by atoms with van der Waals surface area (Å²) in [5, 5.41) is 3.66. The molecule has 14 fully saturated rings. The SMILES string of the molecule is CC(C)(C)C1CCC(C(C)(C)C)P1C1CCCC1.CC(C)(C)C1CCC(C(C)(C)C)P1C1CCCC1.CC(C)C1CC[C@@H](C(C)C)P1C1CCCC1.CC(C)C1CC[C@@H](C(C)C)P1C1CCCC1.CC(C)C1CC[C@H](C(C)C)P1c1ccccc1P1C(C(C)C)CC[C@@H]1C(C)C.CC[C@@H]1CC[C@@H](CC)P1C1CCCC1.CC[C@@H]1CC[C@@H](CC)P1C1CCCC1.[CH3-].[CH3-].[CH3-].[CH3-].[CH3-].[CH3-].[Fe+2].[Fe+2].[Fe+2]. The number of hydrogen-bond donors (Lipinski definition) is 0. The average molecular weight is 2120 g/mol. The third-order valence-electron chi connectivity index (χ3n) is 36.2. The molecule has 1 aromatic rings. The Labute approximate surface area is 884 Å². The largest absolute Gasteiger partial charge is 2.00 e. The van der Waals surface area contributed by atoms with Gasteiger partial charge in [0.15, 0.2) is 0 Å². The van der Waals surface area contributed by atoms with Crippen LogP contribution in [0.2, 0.25) is 0 Å². The molecule has 6 aliphatic carbocycles. The molecule has 0 spiro atoms. The van der Waals surface area contributed by atoms with Crippen LogP contribution in [0.25, 0.3) is 0 Å². The fourth-order valence-electron chi connectivity index (χ4n) is 29.8. The van der Waals surface area contributed by atoms with Crippen molar-refractivity contribution in [3.05, 3.63) is 68.8 Å². The van der Waals surface area contributed by atoms with Gasteiger partial charge >= 0.3 is 51.2 Å². The summed E-state index contributed by atoms with van der Waals surface area (Å²) in [6, 6.07) is 9.86. The van der Waals surface area contributed by atoms with Gasteiger partial charge in [0.25, 0.3) is 0 Å². The maximum atomic E-state index is 2.58. The molecule has 11 heteroatoms. The molecular weight excluding hydrogens is 1880 g/mol. The molecule has 0 radical (unpaired) electrons. The minimum atomic E-state index is -0.0433. The van der Waals surface area contributed by atoms with Crippen molar-refractivity contribution in [3.8, 4) is 0 Å². The van der Waals surface area contributed by atoms with Gasteiger partial charge in [-0.15, -0.1) is 0 Å². The standard InChI is InChI=1S/C26H44P2.2C17H33P.2C15H29P.2C13H25P.6CH3.3Fe/c1-17(2)21-13-14-22(18(3)4)27(21)25-11-9-10-12-26(25)28-23(19(5)6)15-16-24(28)20(7)8;2*1-16(2,3)14-11-12-15(17(4,5)6)18(14)13-9-7-8-10-13;2*1-11(2)14-9-10-15(12(3)4)16(14)13-7-5-6-8-13;2*1-3-11-9-10-12(4-2)14(11)13-7-5-6-8-13;;;;;;;;;/h9-12,17-24H,13-16H2,1-8H3;2*13-15H,7-12H2,1-6H3;2*11-15H,5-10H2,1-4H3;2*11-13H,3-10H2,1-2H3;6*1H3;;;/q;;;;;;;6*-1;3*+2/t21-,22?,23-,24?,27?,28?;;;2*14-,15?,16?;2*11-,12-;;;;;;;;;/m1..0011........./s1. The Bertz CT molecular complexity index is 2750. The van der Waals surface area contributed by atoms with E-state index in [1.54, 1.807) is 128 Å². The third-order valence-corrected chi connectivity index (χ3v) is 72.0. The van der Waals surface area contributed by atoms with Gasteiger partial charge in [0.1, 0.15) is 0 Å². The van der Waals surface area contributed by atoms with Crippen LogP contribution in [0.4, 0.5) is 0 Å². The first-order valence-corrected chi connectivity index (χ1v) is 68.2. The first-order chi connectivity index (χ1) is 58.6. The maximum Gasteiger partial charge on any atom is 2.00 e. The maximum absolute atomic E-state index is 2.58. The molecule has 0 amide bonds. The molecule has 133 heavy (non-hydrogen) atoms. The van der Waals surface area contributed by atoms with E-state index < -0.39 is 0 Å². The third kappa shape index (κ3) is 37.1. The van der Waals surface area contributed by atoms with Gasteiger partial charge in [0.2, 0.25) is 0 Å². The second-order valence-electron chi connectivity index (χ2n) is 51.5. The van der Waals surface area contributed by atoms with Gasteiger partial charge in [-0.2, -0.15) is 0 Å². The Morgan fingerprint density at radius 1 is 0.211 bits per heavy atom. The van der Waals surface area contributed by atoms with Gasteiger partial charge < -0.3 is 44.6 Å². The first kappa shape index (κ1) is 137. The zero-order valence-corrected chi connectivity index (χ0v) is 107. The van der Waals surface area contributed by atoms with Crippen molar-refractivity contribution in [2.24, 2.45) is 69.0 Å². The molecular formula is C122H236Fe3P8. The summed E-state index contributed by atoms with van der Waals surface area (Å²) in [6.45, 7) is 79.3. The zero-order chi connectivity index (χ0) is 91.0. The van der Waals surface area contributed by atoms with Crippen molar-refractivity contribution in [2.45, 2.75) is 629 Å². The topological polar surface area (TPSA) is 0 Å². The van der Waals surface area contributed by atoms with Crippen molar-refractivity contribution in [1.82, 2.24) is 0 Å². The van der Waals surface area contributed by atoms with Gasteiger partial charge in [-0.05, 0) is 410 Å². The van der Waals surface area contributed by atoms with Crippen molar-refractivity contribution in [1.29, 1.82) is 0 Å². The molecule has 15 rings (SSSR count). The predicted molar refractivity (Wildman–Crippen MR) is 625 cm³/mol. The van der Waals surface area contributed by atoms with Crippen molar-refractivity contribution in [2.75, 3.05) is 0 Å². The molecule has 8 aliphatic heterocycles. The van der Waals surface area contributed by atoms with Crippen LogP contribution in [0.5, 0.6) is 0 Å². The van der Waals surface area contributed by atoms with E-state index in [4.69, 9.17) is 0 Å². The molecule has 6 saturated carbocycles. The summed E-state index contributed by atoms with van der Waals surface area (Å²) in [5.74, 6) is 7.04. The van der Waals surface area contributed by atoms with E-state index in [-0.39, 0.29) is 127 Å². The van der Waals surface area contributed by atoms with Crippen LogP contribution in [0.1, 0.15) is 504 Å². The molecule has 0 nitrogen and oxygen atoms in total. The van der Waals surface area contributed by atoms with Crippen LogP contribution in [0.15, 0.2) is 24.3 Å². The number of hydrogen-bond acceptors (Lipinski definition) is 0. The van der Waals surface area contributed by atoms with E-state index in [1.807, 2.05) is 10.6 Å². The molecule has 0 aromatic heterocycles. The molecule has 0 N–H and O–H groups in total. The fraction of sp³-hybridized carbons (Fsp3) is 0.902. The van der Waals surface area contributed by atoms with Gasteiger partial charge in [0.05, 0.1) is 0 Å². The van der Waals surface area contributed by atoms with E-state index in [9.17, 15) is 0 Å². The smallest absolute Gasteiger partial charge is 0.358 e. The summed E-state index contributed by atoms with van der Waals surface area (Å²) in [6.07, 6.45) is 67.3. The monoisotopic (exact) mass is 2120 g/mol. The second kappa shape index (κ2) is 64.7. The Balaban J connectivity index is 0.00000153. The van der Waals surface area contributed by atoms with Crippen LogP contribution < -0.4 is 10.6 Å². The van der Waals surface area contributed by atoms with Crippen LogP contribution in [0, 0.1) is 114 Å². The molecule has 12 unspecified atom stereocenters. The molecule has 20 atom stereocenters. The Kier molecular flexibility index (Phi) is 66.7. The average Bonchev–Trinajstić information content (AvgIpc) is 1.61. The normalized spacial score (nSPS) is 33.0. The van der Waals surface area contributed by atoms with Crippen molar-refractivity contribution in [3.63, 3.8) is 0 Å². The molecule has 788 valence electrons. The summed E-state index contributed by atoms with van der Waals surface area (Å²) in [5.41, 5.74) is 25.9. The molecule has 8 saturated heterocycles. The Hall–Kier alpha value is 4.22. The molecule has 1 aromatic carbocycles. The second-order valence-corrected chi connectivity index (χ2v) is 74.6. The first-order valence-electron chi connectivity index (χ1n) is 55.9.